The van der Waals surface area contributed by atoms with Gasteiger partial charge in [0, 0.05) is 12.1 Å². The summed E-state index contributed by atoms with van der Waals surface area (Å²) in [7, 11) is 0. The molecule has 1 fully saturated rings. The molecule has 0 spiro atoms. The van der Waals surface area contributed by atoms with Gasteiger partial charge in [0.15, 0.2) is 0 Å². The smallest absolute Gasteiger partial charge is 0.251 e. The Kier molecular flexibility index (Phi) is 5.57. The lowest BCUT2D eigenvalue weighted by molar-refractivity contribution is 0.0299. The molecule has 1 amide bonds. The minimum absolute atomic E-state index is 0.123. The van der Waals surface area contributed by atoms with Crippen molar-refractivity contribution in [3.05, 3.63) is 35.4 Å². The summed E-state index contributed by atoms with van der Waals surface area (Å²) < 4.78 is 5.75. The fourth-order valence-corrected chi connectivity index (χ4v) is 2.42. The molecular formula is C16H20N2O2. The van der Waals surface area contributed by atoms with Gasteiger partial charge in [0.25, 0.3) is 5.91 Å². The third kappa shape index (κ3) is 4.36. The van der Waals surface area contributed by atoms with Crippen LogP contribution in [0, 0.1) is 11.3 Å². The first kappa shape index (κ1) is 14.5. The Balaban J connectivity index is 1.67. The molecule has 1 N–H and O–H groups in total. The normalized spacial score (nSPS) is 15.6. The van der Waals surface area contributed by atoms with Crippen LogP contribution >= 0.6 is 0 Å². The van der Waals surface area contributed by atoms with Crippen LogP contribution in [0.4, 0.5) is 0 Å². The van der Waals surface area contributed by atoms with E-state index < -0.39 is 0 Å². The zero-order valence-electron chi connectivity index (χ0n) is 11.6. The minimum Gasteiger partial charge on any atom is -0.376 e. The van der Waals surface area contributed by atoms with E-state index in [1.807, 2.05) is 6.07 Å². The lowest BCUT2D eigenvalue weighted by atomic mass is 9.98. The molecular weight excluding hydrogens is 252 g/mol. The molecule has 1 saturated carbocycles. The quantitative estimate of drug-likeness (QED) is 0.838. The van der Waals surface area contributed by atoms with E-state index in [4.69, 9.17) is 10.00 Å². The van der Waals surface area contributed by atoms with Crippen LogP contribution in [0.5, 0.6) is 0 Å². The summed E-state index contributed by atoms with van der Waals surface area (Å²) in [4.78, 5) is 11.8. The summed E-state index contributed by atoms with van der Waals surface area (Å²) in [5.74, 6) is -0.123. The molecule has 20 heavy (non-hydrogen) atoms. The van der Waals surface area contributed by atoms with Gasteiger partial charge in [-0.25, -0.2) is 0 Å². The Labute approximate surface area is 119 Å². The SMILES string of the molecule is N#Cc1ccc(C(=O)NCCOC2CCCCC2)cc1. The van der Waals surface area contributed by atoms with Gasteiger partial charge in [-0.2, -0.15) is 5.26 Å². The second kappa shape index (κ2) is 7.66. The second-order valence-corrected chi connectivity index (χ2v) is 5.08. The number of hydrogen-bond donors (Lipinski definition) is 1. The van der Waals surface area contributed by atoms with Crippen molar-refractivity contribution in [1.82, 2.24) is 5.32 Å². The van der Waals surface area contributed by atoms with Gasteiger partial charge < -0.3 is 10.1 Å². The Morgan fingerprint density at radius 3 is 2.60 bits per heavy atom. The molecule has 0 atom stereocenters. The molecule has 4 nitrogen and oxygen atoms in total. The first-order valence-corrected chi connectivity index (χ1v) is 7.19. The average molecular weight is 272 g/mol. The van der Waals surface area contributed by atoms with Crippen molar-refractivity contribution < 1.29 is 9.53 Å². The van der Waals surface area contributed by atoms with Crippen LogP contribution in [0.1, 0.15) is 48.0 Å². The van der Waals surface area contributed by atoms with Crippen molar-refractivity contribution in [1.29, 1.82) is 5.26 Å². The van der Waals surface area contributed by atoms with Crippen molar-refractivity contribution in [2.75, 3.05) is 13.2 Å². The van der Waals surface area contributed by atoms with Crippen LogP contribution in [-0.2, 0) is 4.74 Å². The maximum absolute atomic E-state index is 11.8. The molecule has 0 aromatic heterocycles. The van der Waals surface area contributed by atoms with E-state index in [0.717, 1.165) is 12.8 Å². The Bertz CT molecular complexity index is 470. The summed E-state index contributed by atoms with van der Waals surface area (Å²) in [5.41, 5.74) is 1.13. The van der Waals surface area contributed by atoms with Crippen molar-refractivity contribution in [2.24, 2.45) is 0 Å². The number of ether oxygens (including phenoxy) is 1. The molecule has 0 saturated heterocycles. The molecule has 1 aromatic rings. The first-order valence-electron chi connectivity index (χ1n) is 7.19. The molecule has 0 heterocycles. The lowest BCUT2D eigenvalue weighted by Gasteiger charge is -2.21. The number of amides is 1. The van der Waals surface area contributed by atoms with Crippen molar-refractivity contribution in [3.8, 4) is 6.07 Å². The average Bonchev–Trinajstić information content (AvgIpc) is 2.52. The monoisotopic (exact) mass is 272 g/mol. The van der Waals surface area contributed by atoms with Gasteiger partial charge in [-0.05, 0) is 37.1 Å². The van der Waals surface area contributed by atoms with Gasteiger partial charge in [-0.3, -0.25) is 4.79 Å². The molecule has 106 valence electrons. The fraction of sp³-hybridized carbons (Fsp3) is 0.500. The Morgan fingerprint density at radius 1 is 1.25 bits per heavy atom. The molecule has 4 heteroatoms. The third-order valence-electron chi connectivity index (χ3n) is 3.57. The van der Waals surface area contributed by atoms with Gasteiger partial charge >= 0.3 is 0 Å². The van der Waals surface area contributed by atoms with E-state index in [9.17, 15) is 4.79 Å². The molecule has 0 radical (unpaired) electrons. The minimum atomic E-state index is -0.123. The molecule has 0 bridgehead atoms. The summed E-state index contributed by atoms with van der Waals surface area (Å²) in [5, 5.41) is 11.5. The summed E-state index contributed by atoms with van der Waals surface area (Å²) >= 11 is 0. The van der Waals surface area contributed by atoms with E-state index in [2.05, 4.69) is 5.32 Å². The van der Waals surface area contributed by atoms with Gasteiger partial charge in [-0.15, -0.1) is 0 Å². The number of benzene rings is 1. The van der Waals surface area contributed by atoms with Gasteiger partial charge in [-0.1, -0.05) is 19.3 Å². The Morgan fingerprint density at radius 2 is 1.95 bits per heavy atom. The molecule has 2 rings (SSSR count). The van der Waals surface area contributed by atoms with Crippen LogP contribution in [0.3, 0.4) is 0 Å². The number of nitrogens with zero attached hydrogens (tertiary/aromatic N) is 1. The summed E-state index contributed by atoms with van der Waals surface area (Å²) in [6, 6.07) is 8.65. The predicted octanol–water partition coefficient (Wildman–Crippen LogP) is 2.64. The first-order chi connectivity index (χ1) is 9.79. The van der Waals surface area contributed by atoms with Crippen LogP contribution in [-0.4, -0.2) is 25.2 Å². The van der Waals surface area contributed by atoms with E-state index in [1.165, 1.54) is 19.3 Å². The number of carbonyl (C=O) groups is 1. The highest BCUT2D eigenvalue weighted by molar-refractivity contribution is 5.94. The Hall–Kier alpha value is -1.86. The number of nitriles is 1. The zero-order valence-corrected chi connectivity index (χ0v) is 11.6. The van der Waals surface area contributed by atoms with Gasteiger partial charge in [0.2, 0.25) is 0 Å². The molecule has 0 unspecified atom stereocenters. The van der Waals surface area contributed by atoms with E-state index in [1.54, 1.807) is 24.3 Å². The molecule has 0 aliphatic heterocycles. The number of carbonyl (C=O) groups excluding carboxylic acids is 1. The van der Waals surface area contributed by atoms with Crippen molar-refractivity contribution in [3.63, 3.8) is 0 Å². The highest BCUT2D eigenvalue weighted by Gasteiger charge is 2.13. The second-order valence-electron chi connectivity index (χ2n) is 5.08. The van der Waals surface area contributed by atoms with Crippen molar-refractivity contribution in [2.45, 2.75) is 38.2 Å². The maximum Gasteiger partial charge on any atom is 0.251 e. The van der Waals surface area contributed by atoms with Crippen LogP contribution in [0.25, 0.3) is 0 Å². The largest absolute Gasteiger partial charge is 0.376 e. The van der Waals surface area contributed by atoms with E-state index >= 15 is 0 Å². The number of hydrogen-bond acceptors (Lipinski definition) is 3. The zero-order chi connectivity index (χ0) is 14.2. The summed E-state index contributed by atoms with van der Waals surface area (Å²) in [6.45, 7) is 1.09. The van der Waals surface area contributed by atoms with Crippen LogP contribution < -0.4 is 5.32 Å². The maximum atomic E-state index is 11.8. The van der Waals surface area contributed by atoms with E-state index in [0.29, 0.717) is 30.4 Å². The third-order valence-corrected chi connectivity index (χ3v) is 3.57. The van der Waals surface area contributed by atoms with Gasteiger partial charge in [0.05, 0.1) is 24.3 Å². The molecule has 1 aromatic carbocycles. The lowest BCUT2D eigenvalue weighted by Crippen LogP contribution is -2.29. The predicted molar refractivity (Wildman–Crippen MR) is 76.3 cm³/mol. The summed E-state index contributed by atoms with van der Waals surface area (Å²) in [6.07, 6.45) is 6.48. The van der Waals surface area contributed by atoms with Crippen LogP contribution in [0.15, 0.2) is 24.3 Å². The van der Waals surface area contributed by atoms with Gasteiger partial charge in [0.1, 0.15) is 0 Å². The topological polar surface area (TPSA) is 62.1 Å². The number of nitrogens with one attached hydrogen (secondary N) is 1. The molecule has 1 aliphatic carbocycles. The van der Waals surface area contributed by atoms with Crippen LogP contribution in [0.2, 0.25) is 0 Å². The highest BCUT2D eigenvalue weighted by Crippen LogP contribution is 2.19. The van der Waals surface area contributed by atoms with Crippen molar-refractivity contribution >= 4 is 5.91 Å². The van der Waals surface area contributed by atoms with E-state index in [-0.39, 0.29) is 5.91 Å². The fourth-order valence-electron chi connectivity index (χ4n) is 2.42. The standard InChI is InChI=1S/C16H20N2O2/c17-12-13-6-8-14(9-7-13)16(19)18-10-11-20-15-4-2-1-3-5-15/h6-9,15H,1-5,10-11H2,(H,18,19). The number of rotatable bonds is 5. The molecule has 1 aliphatic rings. The highest BCUT2D eigenvalue weighted by atomic mass is 16.5.